The van der Waals surface area contributed by atoms with Gasteiger partial charge in [0.1, 0.15) is 6.10 Å². The van der Waals surface area contributed by atoms with Crippen LogP contribution in [0.4, 0.5) is 0 Å². The Morgan fingerprint density at radius 1 is 0.947 bits per heavy atom. The van der Waals surface area contributed by atoms with Gasteiger partial charge in [0.15, 0.2) is 0 Å². The summed E-state index contributed by atoms with van der Waals surface area (Å²) in [5.74, 6) is 0. The van der Waals surface area contributed by atoms with Gasteiger partial charge in [-0.05, 0) is 17.0 Å². The van der Waals surface area contributed by atoms with Crippen LogP contribution in [0.15, 0.2) is 54.6 Å². The van der Waals surface area contributed by atoms with Crippen molar-refractivity contribution < 1.29 is 4.74 Å². The van der Waals surface area contributed by atoms with E-state index in [1.807, 2.05) is 11.3 Å². The van der Waals surface area contributed by atoms with Gasteiger partial charge in [0.05, 0.1) is 6.61 Å². The van der Waals surface area contributed by atoms with Crippen LogP contribution in [0, 0.1) is 0 Å². The van der Waals surface area contributed by atoms with Crippen LogP contribution in [-0.2, 0) is 11.2 Å². The van der Waals surface area contributed by atoms with Gasteiger partial charge in [-0.15, -0.1) is 11.3 Å². The lowest BCUT2D eigenvalue weighted by atomic mass is 9.96. The van der Waals surface area contributed by atoms with Crippen LogP contribution in [0.5, 0.6) is 0 Å². The molecule has 0 fully saturated rings. The van der Waals surface area contributed by atoms with E-state index in [0.29, 0.717) is 0 Å². The molecule has 0 saturated carbocycles. The van der Waals surface area contributed by atoms with E-state index >= 15 is 0 Å². The minimum atomic E-state index is 0.0982. The standard InChI is InChI=1S/C17H14OS/c1-2-6-12(7-3-1)17-16-13-8-4-5-9-14(13)19-15(16)10-11-18-17/h1-9,17H,10-11H2. The monoisotopic (exact) mass is 266 g/mol. The fourth-order valence-electron chi connectivity index (χ4n) is 2.83. The normalized spacial score (nSPS) is 18.4. The van der Waals surface area contributed by atoms with E-state index in [1.165, 1.54) is 26.1 Å². The summed E-state index contributed by atoms with van der Waals surface area (Å²) in [6.07, 6.45) is 1.14. The van der Waals surface area contributed by atoms with Crippen molar-refractivity contribution in [3.63, 3.8) is 0 Å². The molecule has 1 atom stereocenters. The molecule has 1 aromatic heterocycles. The molecule has 94 valence electrons. The third kappa shape index (κ3) is 1.79. The molecule has 1 aliphatic rings. The van der Waals surface area contributed by atoms with Crippen LogP contribution in [-0.4, -0.2) is 6.61 Å². The maximum atomic E-state index is 6.06. The van der Waals surface area contributed by atoms with E-state index in [0.717, 1.165) is 13.0 Å². The Morgan fingerprint density at radius 3 is 2.63 bits per heavy atom. The first-order valence-electron chi connectivity index (χ1n) is 6.60. The molecule has 3 aromatic rings. The van der Waals surface area contributed by atoms with E-state index in [2.05, 4.69) is 54.6 Å². The van der Waals surface area contributed by atoms with Gasteiger partial charge < -0.3 is 4.74 Å². The minimum Gasteiger partial charge on any atom is -0.368 e. The first-order valence-corrected chi connectivity index (χ1v) is 7.42. The molecule has 2 heterocycles. The highest BCUT2D eigenvalue weighted by Gasteiger charge is 2.26. The molecule has 1 unspecified atom stereocenters. The average Bonchev–Trinajstić information content (AvgIpc) is 2.86. The molecule has 19 heavy (non-hydrogen) atoms. The van der Waals surface area contributed by atoms with Gasteiger partial charge >= 0.3 is 0 Å². The Balaban J connectivity index is 1.95. The molecule has 0 amide bonds. The largest absolute Gasteiger partial charge is 0.368 e. The van der Waals surface area contributed by atoms with Crippen molar-refractivity contribution >= 4 is 21.4 Å². The van der Waals surface area contributed by atoms with E-state index < -0.39 is 0 Å². The van der Waals surface area contributed by atoms with Crippen molar-refractivity contribution in [2.24, 2.45) is 0 Å². The maximum Gasteiger partial charge on any atom is 0.109 e. The van der Waals surface area contributed by atoms with Crippen LogP contribution < -0.4 is 0 Å². The number of thiophene rings is 1. The van der Waals surface area contributed by atoms with Gasteiger partial charge in [-0.2, -0.15) is 0 Å². The Kier molecular flexibility index (Phi) is 2.64. The van der Waals surface area contributed by atoms with Gasteiger partial charge in [0.2, 0.25) is 0 Å². The molecule has 0 aliphatic carbocycles. The molecule has 0 spiro atoms. The summed E-state index contributed by atoms with van der Waals surface area (Å²) >= 11 is 1.92. The summed E-state index contributed by atoms with van der Waals surface area (Å²) < 4.78 is 7.44. The number of hydrogen-bond donors (Lipinski definition) is 0. The third-order valence-electron chi connectivity index (χ3n) is 3.69. The minimum absolute atomic E-state index is 0.0982. The number of rotatable bonds is 1. The Hall–Kier alpha value is -1.64. The fraction of sp³-hybridized carbons (Fsp3) is 0.176. The summed E-state index contributed by atoms with van der Waals surface area (Å²) in [5, 5.41) is 1.36. The maximum absolute atomic E-state index is 6.06. The molecule has 1 nitrogen and oxygen atoms in total. The van der Waals surface area contributed by atoms with Gasteiger partial charge in [-0.25, -0.2) is 0 Å². The average molecular weight is 266 g/mol. The van der Waals surface area contributed by atoms with Crippen LogP contribution in [0.1, 0.15) is 22.1 Å². The Bertz CT molecular complexity index is 714. The fourth-order valence-corrected chi connectivity index (χ4v) is 4.05. The zero-order valence-electron chi connectivity index (χ0n) is 10.5. The van der Waals surface area contributed by atoms with Crippen molar-refractivity contribution in [3.05, 3.63) is 70.6 Å². The molecule has 2 aromatic carbocycles. The van der Waals surface area contributed by atoms with Crippen molar-refractivity contribution in [2.45, 2.75) is 12.5 Å². The number of fused-ring (bicyclic) bond motifs is 3. The van der Waals surface area contributed by atoms with Gasteiger partial charge in [-0.1, -0.05) is 48.5 Å². The highest BCUT2D eigenvalue weighted by atomic mass is 32.1. The van der Waals surface area contributed by atoms with Crippen LogP contribution in [0.25, 0.3) is 10.1 Å². The van der Waals surface area contributed by atoms with E-state index in [4.69, 9.17) is 4.74 Å². The summed E-state index contributed by atoms with van der Waals surface area (Å²) in [6.45, 7) is 0.819. The van der Waals surface area contributed by atoms with E-state index in [-0.39, 0.29) is 6.10 Å². The Morgan fingerprint density at radius 2 is 1.74 bits per heavy atom. The third-order valence-corrected chi connectivity index (χ3v) is 4.94. The molecule has 0 N–H and O–H groups in total. The van der Waals surface area contributed by atoms with Crippen LogP contribution in [0.2, 0.25) is 0 Å². The summed E-state index contributed by atoms with van der Waals surface area (Å²) in [7, 11) is 0. The Labute approximate surface area is 116 Å². The zero-order valence-corrected chi connectivity index (χ0v) is 11.3. The van der Waals surface area contributed by atoms with Crippen LogP contribution in [0.3, 0.4) is 0 Å². The molecule has 0 bridgehead atoms. The number of ether oxygens (including phenoxy) is 1. The predicted molar refractivity (Wildman–Crippen MR) is 79.8 cm³/mol. The molecule has 0 radical (unpaired) electrons. The van der Waals surface area contributed by atoms with Gasteiger partial charge in [0, 0.05) is 21.6 Å². The van der Waals surface area contributed by atoms with Gasteiger partial charge in [-0.3, -0.25) is 0 Å². The lowest BCUT2D eigenvalue weighted by Crippen LogP contribution is -2.15. The second kappa shape index (κ2) is 4.48. The van der Waals surface area contributed by atoms with Crippen molar-refractivity contribution in [1.82, 2.24) is 0 Å². The lowest BCUT2D eigenvalue weighted by Gasteiger charge is -2.24. The van der Waals surface area contributed by atoms with Crippen LogP contribution >= 0.6 is 11.3 Å². The second-order valence-electron chi connectivity index (χ2n) is 4.85. The molecular formula is C17H14OS. The molecule has 1 aliphatic heterocycles. The van der Waals surface area contributed by atoms with E-state index in [9.17, 15) is 0 Å². The van der Waals surface area contributed by atoms with Crippen molar-refractivity contribution in [1.29, 1.82) is 0 Å². The predicted octanol–water partition coefficient (Wildman–Crippen LogP) is 4.56. The molecule has 4 rings (SSSR count). The molecule has 2 heteroatoms. The first kappa shape index (κ1) is 11.2. The quantitative estimate of drug-likeness (QED) is 0.627. The van der Waals surface area contributed by atoms with Gasteiger partial charge in [0.25, 0.3) is 0 Å². The summed E-state index contributed by atoms with van der Waals surface area (Å²) in [5.41, 5.74) is 2.64. The van der Waals surface area contributed by atoms with Crippen molar-refractivity contribution in [2.75, 3.05) is 6.61 Å². The molecular weight excluding hydrogens is 252 g/mol. The molecule has 0 saturated heterocycles. The highest BCUT2D eigenvalue weighted by Crippen LogP contribution is 2.42. The SMILES string of the molecule is c1ccc(C2OCCc3sc4ccccc4c32)cc1. The topological polar surface area (TPSA) is 9.23 Å². The number of hydrogen-bond acceptors (Lipinski definition) is 2. The van der Waals surface area contributed by atoms with Crippen molar-refractivity contribution in [3.8, 4) is 0 Å². The summed E-state index contributed by atoms with van der Waals surface area (Å²) in [4.78, 5) is 1.49. The second-order valence-corrected chi connectivity index (χ2v) is 5.98. The number of benzene rings is 2. The summed E-state index contributed by atoms with van der Waals surface area (Å²) in [6, 6.07) is 19.2. The zero-order chi connectivity index (χ0) is 12.7. The highest BCUT2D eigenvalue weighted by molar-refractivity contribution is 7.19. The smallest absolute Gasteiger partial charge is 0.109 e. The van der Waals surface area contributed by atoms with E-state index in [1.54, 1.807) is 0 Å². The lowest BCUT2D eigenvalue weighted by molar-refractivity contribution is 0.0722. The first-order chi connectivity index (χ1) is 9.43.